The van der Waals surface area contributed by atoms with E-state index < -0.39 is 0 Å². The molecule has 0 heterocycles. The van der Waals surface area contributed by atoms with Gasteiger partial charge in [-0.3, -0.25) is 0 Å². The summed E-state index contributed by atoms with van der Waals surface area (Å²) in [6.07, 6.45) is 0.0595. The lowest BCUT2D eigenvalue weighted by Crippen LogP contribution is -2.48. The summed E-state index contributed by atoms with van der Waals surface area (Å²) in [4.78, 5) is 0. The molecule has 2 atom stereocenters. The van der Waals surface area contributed by atoms with Gasteiger partial charge in [0.05, 0.1) is 31.5 Å². The average Bonchev–Trinajstić information content (AvgIpc) is 2.15. The molecule has 4 heteroatoms. The van der Waals surface area contributed by atoms with E-state index in [4.69, 9.17) is 14.6 Å². The van der Waals surface area contributed by atoms with Crippen molar-refractivity contribution in [1.29, 1.82) is 0 Å². The van der Waals surface area contributed by atoms with Gasteiger partial charge in [-0.1, -0.05) is 0 Å². The molecule has 0 aliphatic rings. The van der Waals surface area contributed by atoms with E-state index in [1.807, 2.05) is 13.8 Å². The van der Waals surface area contributed by atoms with Gasteiger partial charge in [0.1, 0.15) is 0 Å². The Bertz CT molecular complexity index is 126. The Hall–Kier alpha value is -0.160. The first-order valence-electron chi connectivity index (χ1n) is 4.48. The van der Waals surface area contributed by atoms with Crippen molar-refractivity contribution in [3.05, 3.63) is 0 Å². The standard InChI is InChI=1S/C9H21NO3/c1-8(5-12-4)13-7-9(2,6-11)10-3/h8,10-11H,5-7H2,1-4H3. The average molecular weight is 191 g/mol. The summed E-state index contributed by atoms with van der Waals surface area (Å²) < 4.78 is 10.4. The van der Waals surface area contributed by atoms with Crippen molar-refractivity contribution in [2.24, 2.45) is 0 Å². The number of aliphatic hydroxyl groups is 1. The van der Waals surface area contributed by atoms with E-state index in [1.165, 1.54) is 0 Å². The molecule has 0 amide bonds. The fourth-order valence-electron chi connectivity index (χ4n) is 0.806. The number of hydrogen-bond acceptors (Lipinski definition) is 4. The Morgan fingerprint density at radius 3 is 2.54 bits per heavy atom. The van der Waals surface area contributed by atoms with Gasteiger partial charge in [-0.15, -0.1) is 0 Å². The monoisotopic (exact) mass is 191 g/mol. The number of rotatable bonds is 7. The third kappa shape index (κ3) is 5.21. The molecule has 4 nitrogen and oxygen atoms in total. The van der Waals surface area contributed by atoms with Gasteiger partial charge in [-0.05, 0) is 20.9 Å². The molecule has 0 aromatic heterocycles. The molecule has 0 fully saturated rings. The fourth-order valence-corrected chi connectivity index (χ4v) is 0.806. The second-order valence-electron chi connectivity index (χ2n) is 3.55. The van der Waals surface area contributed by atoms with E-state index in [9.17, 15) is 0 Å². The van der Waals surface area contributed by atoms with E-state index in [0.29, 0.717) is 13.2 Å². The van der Waals surface area contributed by atoms with Crippen LogP contribution in [0.25, 0.3) is 0 Å². The lowest BCUT2D eigenvalue weighted by Gasteiger charge is -2.28. The Morgan fingerprint density at radius 1 is 1.54 bits per heavy atom. The van der Waals surface area contributed by atoms with Crippen LogP contribution >= 0.6 is 0 Å². The Labute approximate surface area is 80.2 Å². The molecule has 0 rings (SSSR count). The smallest absolute Gasteiger partial charge is 0.0781 e. The van der Waals surface area contributed by atoms with Crippen LogP contribution in [-0.4, -0.2) is 50.7 Å². The summed E-state index contributed by atoms with van der Waals surface area (Å²) >= 11 is 0. The van der Waals surface area contributed by atoms with Crippen LogP contribution < -0.4 is 5.32 Å². The van der Waals surface area contributed by atoms with Crippen LogP contribution in [0.1, 0.15) is 13.8 Å². The van der Waals surface area contributed by atoms with Gasteiger partial charge in [-0.25, -0.2) is 0 Å². The molecule has 0 saturated carbocycles. The number of likely N-dealkylation sites (N-methyl/N-ethyl adjacent to an activating group) is 1. The summed E-state index contributed by atoms with van der Waals surface area (Å²) in [6, 6.07) is 0. The van der Waals surface area contributed by atoms with Crippen molar-refractivity contribution in [2.45, 2.75) is 25.5 Å². The third-order valence-electron chi connectivity index (χ3n) is 2.04. The van der Waals surface area contributed by atoms with Crippen molar-refractivity contribution in [2.75, 3.05) is 34.0 Å². The summed E-state index contributed by atoms with van der Waals surface area (Å²) in [5, 5.41) is 12.1. The predicted molar refractivity (Wildman–Crippen MR) is 51.8 cm³/mol. The topological polar surface area (TPSA) is 50.7 Å². The van der Waals surface area contributed by atoms with Crippen molar-refractivity contribution < 1.29 is 14.6 Å². The second kappa shape index (κ2) is 6.32. The molecular weight excluding hydrogens is 170 g/mol. The minimum Gasteiger partial charge on any atom is -0.394 e. The molecule has 0 radical (unpaired) electrons. The van der Waals surface area contributed by atoms with E-state index in [0.717, 1.165) is 0 Å². The van der Waals surface area contributed by atoms with Gasteiger partial charge in [0.15, 0.2) is 0 Å². The molecule has 2 unspecified atom stereocenters. The highest BCUT2D eigenvalue weighted by molar-refractivity contribution is 4.80. The highest BCUT2D eigenvalue weighted by Crippen LogP contribution is 2.04. The minimum atomic E-state index is -0.359. The minimum absolute atomic E-state index is 0.0587. The van der Waals surface area contributed by atoms with Crippen molar-refractivity contribution >= 4 is 0 Å². The van der Waals surface area contributed by atoms with Crippen molar-refractivity contribution in [1.82, 2.24) is 5.32 Å². The number of ether oxygens (including phenoxy) is 2. The number of hydrogen-bond donors (Lipinski definition) is 2. The Morgan fingerprint density at radius 2 is 2.15 bits per heavy atom. The van der Waals surface area contributed by atoms with Gasteiger partial charge in [0.2, 0.25) is 0 Å². The largest absolute Gasteiger partial charge is 0.394 e. The quantitative estimate of drug-likeness (QED) is 0.595. The summed E-state index contributed by atoms with van der Waals surface area (Å²) in [6.45, 7) is 4.96. The first-order valence-corrected chi connectivity index (χ1v) is 4.48. The third-order valence-corrected chi connectivity index (χ3v) is 2.04. The van der Waals surface area contributed by atoms with Crippen LogP contribution in [0, 0.1) is 0 Å². The fraction of sp³-hybridized carbons (Fsp3) is 1.00. The van der Waals surface area contributed by atoms with Gasteiger partial charge in [-0.2, -0.15) is 0 Å². The lowest BCUT2D eigenvalue weighted by atomic mass is 10.1. The number of methoxy groups -OCH3 is 1. The molecule has 0 aliphatic carbocycles. The molecule has 0 aromatic carbocycles. The van der Waals surface area contributed by atoms with Gasteiger partial charge < -0.3 is 19.9 Å². The van der Waals surface area contributed by atoms with E-state index in [-0.39, 0.29) is 18.2 Å². The van der Waals surface area contributed by atoms with Crippen LogP contribution in [0.4, 0.5) is 0 Å². The van der Waals surface area contributed by atoms with E-state index in [2.05, 4.69) is 5.32 Å². The zero-order valence-corrected chi connectivity index (χ0v) is 8.96. The normalized spacial score (nSPS) is 18.2. The first-order chi connectivity index (χ1) is 6.08. The Kier molecular flexibility index (Phi) is 6.24. The van der Waals surface area contributed by atoms with Crippen molar-refractivity contribution in [3.63, 3.8) is 0 Å². The molecule has 0 aromatic rings. The zero-order valence-electron chi connectivity index (χ0n) is 8.96. The lowest BCUT2D eigenvalue weighted by molar-refractivity contribution is -0.0261. The first kappa shape index (κ1) is 12.8. The molecule has 13 heavy (non-hydrogen) atoms. The summed E-state index contributed by atoms with van der Waals surface area (Å²) in [5.41, 5.74) is -0.359. The maximum absolute atomic E-state index is 9.05. The van der Waals surface area contributed by atoms with Crippen LogP contribution in [0.2, 0.25) is 0 Å². The van der Waals surface area contributed by atoms with E-state index >= 15 is 0 Å². The van der Waals surface area contributed by atoms with Gasteiger partial charge in [0, 0.05) is 7.11 Å². The zero-order chi connectivity index (χ0) is 10.3. The predicted octanol–water partition coefficient (Wildman–Crippen LogP) is 0.00830. The van der Waals surface area contributed by atoms with Crippen LogP contribution in [-0.2, 0) is 9.47 Å². The highest BCUT2D eigenvalue weighted by atomic mass is 16.5. The number of nitrogens with one attached hydrogen (secondary N) is 1. The number of aliphatic hydroxyl groups excluding tert-OH is 1. The van der Waals surface area contributed by atoms with E-state index in [1.54, 1.807) is 14.2 Å². The highest BCUT2D eigenvalue weighted by Gasteiger charge is 2.21. The molecule has 80 valence electrons. The molecule has 0 aliphatic heterocycles. The maximum Gasteiger partial charge on any atom is 0.0781 e. The SMILES string of the molecule is CNC(C)(CO)COC(C)COC. The van der Waals surface area contributed by atoms with Gasteiger partial charge in [0.25, 0.3) is 0 Å². The Balaban J connectivity index is 3.71. The van der Waals surface area contributed by atoms with Gasteiger partial charge >= 0.3 is 0 Å². The maximum atomic E-state index is 9.05. The molecular formula is C9H21NO3. The second-order valence-corrected chi connectivity index (χ2v) is 3.55. The van der Waals surface area contributed by atoms with Crippen LogP contribution in [0.15, 0.2) is 0 Å². The molecule has 0 spiro atoms. The molecule has 0 saturated heterocycles. The molecule has 2 N–H and O–H groups in total. The van der Waals surface area contributed by atoms with Crippen LogP contribution in [0.5, 0.6) is 0 Å². The summed E-state index contributed by atoms with van der Waals surface area (Å²) in [7, 11) is 3.45. The molecule has 0 bridgehead atoms. The summed E-state index contributed by atoms with van der Waals surface area (Å²) in [5.74, 6) is 0. The van der Waals surface area contributed by atoms with Crippen molar-refractivity contribution in [3.8, 4) is 0 Å². The van der Waals surface area contributed by atoms with Crippen LogP contribution in [0.3, 0.4) is 0 Å².